The highest BCUT2D eigenvalue weighted by atomic mass is 32.2. The van der Waals surface area contributed by atoms with Crippen molar-refractivity contribution in [3.05, 3.63) is 15.8 Å². The SMILES string of the molecule is Cc1sc(C(=O)O)cc1S(=O)(=O)NC1(C(F)(F)F)CC1. The summed E-state index contributed by atoms with van der Waals surface area (Å²) in [6.07, 6.45) is -5.30. The number of sulfonamides is 1. The van der Waals surface area contributed by atoms with Crippen molar-refractivity contribution in [3.63, 3.8) is 0 Å². The third kappa shape index (κ3) is 2.54. The molecule has 1 aromatic heterocycles. The predicted octanol–water partition coefficient (Wildman–Crippen LogP) is 2.13. The molecule has 0 saturated heterocycles. The van der Waals surface area contributed by atoms with Crippen LogP contribution in [0.15, 0.2) is 11.0 Å². The minimum Gasteiger partial charge on any atom is -0.477 e. The number of rotatable bonds is 4. The topological polar surface area (TPSA) is 83.5 Å². The zero-order valence-electron chi connectivity index (χ0n) is 10.1. The lowest BCUT2D eigenvalue weighted by molar-refractivity contribution is -0.160. The van der Waals surface area contributed by atoms with Gasteiger partial charge in [-0.15, -0.1) is 11.3 Å². The average Bonchev–Trinajstić information content (AvgIpc) is 2.91. The molecule has 0 bridgehead atoms. The van der Waals surface area contributed by atoms with Gasteiger partial charge in [0.25, 0.3) is 0 Å². The van der Waals surface area contributed by atoms with Gasteiger partial charge in [0.05, 0.1) is 4.90 Å². The fraction of sp³-hybridized carbons (Fsp3) is 0.500. The number of carboxylic acid groups (broad SMARTS) is 1. The standard InChI is InChI=1S/C10H10F3NO4S2/c1-5-7(4-6(19-5)8(15)16)20(17,18)14-9(2-3-9)10(11,12)13/h4,14H,2-3H2,1H3,(H,15,16). The summed E-state index contributed by atoms with van der Waals surface area (Å²) < 4.78 is 63.9. The number of hydrogen-bond donors (Lipinski definition) is 2. The van der Waals surface area contributed by atoms with Crippen molar-refractivity contribution in [2.24, 2.45) is 0 Å². The molecule has 1 fully saturated rings. The molecule has 0 amide bonds. The third-order valence-electron chi connectivity index (χ3n) is 2.99. The van der Waals surface area contributed by atoms with E-state index in [2.05, 4.69) is 0 Å². The van der Waals surface area contributed by atoms with Gasteiger partial charge >= 0.3 is 12.1 Å². The molecule has 0 atom stereocenters. The number of alkyl halides is 3. The van der Waals surface area contributed by atoms with Gasteiger partial charge in [0.15, 0.2) is 0 Å². The van der Waals surface area contributed by atoms with E-state index in [4.69, 9.17) is 5.11 Å². The number of thiophene rings is 1. The van der Waals surface area contributed by atoms with E-state index in [1.807, 2.05) is 0 Å². The van der Waals surface area contributed by atoms with Crippen molar-refractivity contribution < 1.29 is 31.5 Å². The number of nitrogens with one attached hydrogen (secondary N) is 1. The second-order valence-electron chi connectivity index (χ2n) is 4.52. The summed E-state index contributed by atoms with van der Waals surface area (Å²) in [6, 6.07) is 0.872. The molecule has 2 rings (SSSR count). The first-order valence-corrected chi connectivity index (χ1v) is 7.73. The molecule has 5 nitrogen and oxygen atoms in total. The van der Waals surface area contributed by atoms with Crippen LogP contribution in [0.25, 0.3) is 0 Å². The third-order valence-corrected chi connectivity index (χ3v) is 5.83. The Kier molecular flexibility index (Phi) is 3.38. The van der Waals surface area contributed by atoms with Gasteiger partial charge < -0.3 is 5.11 Å². The van der Waals surface area contributed by atoms with Crippen LogP contribution in [0, 0.1) is 6.92 Å². The van der Waals surface area contributed by atoms with Crippen molar-refractivity contribution in [3.8, 4) is 0 Å². The largest absolute Gasteiger partial charge is 0.477 e. The van der Waals surface area contributed by atoms with E-state index in [1.165, 1.54) is 6.92 Å². The number of halogens is 3. The molecular weight excluding hydrogens is 319 g/mol. The van der Waals surface area contributed by atoms with Gasteiger partial charge in [-0.1, -0.05) is 0 Å². The van der Waals surface area contributed by atoms with Crippen LogP contribution in [0.5, 0.6) is 0 Å². The van der Waals surface area contributed by atoms with Crippen LogP contribution in [0.4, 0.5) is 13.2 Å². The molecule has 0 aliphatic heterocycles. The Labute approximate surface area is 116 Å². The fourth-order valence-corrected chi connectivity index (χ4v) is 4.60. The molecule has 1 aliphatic rings. The van der Waals surface area contributed by atoms with Crippen molar-refractivity contribution in [1.29, 1.82) is 0 Å². The van der Waals surface area contributed by atoms with Gasteiger partial charge in [-0.05, 0) is 25.8 Å². The van der Waals surface area contributed by atoms with Crippen LogP contribution in [0.2, 0.25) is 0 Å². The number of hydrogen-bond acceptors (Lipinski definition) is 4. The van der Waals surface area contributed by atoms with Crippen LogP contribution in [-0.2, 0) is 10.0 Å². The van der Waals surface area contributed by atoms with Crippen LogP contribution < -0.4 is 4.72 Å². The van der Waals surface area contributed by atoms with Crippen molar-refractivity contribution in [1.82, 2.24) is 4.72 Å². The summed E-state index contributed by atoms with van der Waals surface area (Å²) in [6.45, 7) is 1.35. The molecule has 0 radical (unpaired) electrons. The predicted molar refractivity (Wildman–Crippen MR) is 64.4 cm³/mol. The molecule has 1 heterocycles. The summed E-state index contributed by atoms with van der Waals surface area (Å²) in [4.78, 5) is 10.2. The summed E-state index contributed by atoms with van der Waals surface area (Å²) in [5.74, 6) is -1.32. The molecule has 2 N–H and O–H groups in total. The lowest BCUT2D eigenvalue weighted by Crippen LogP contribution is -2.47. The summed E-state index contributed by atoms with van der Waals surface area (Å²) in [5, 5.41) is 8.78. The summed E-state index contributed by atoms with van der Waals surface area (Å²) >= 11 is 0.703. The minimum absolute atomic E-state index is 0.132. The second-order valence-corrected chi connectivity index (χ2v) is 7.43. The maximum atomic E-state index is 12.8. The zero-order valence-corrected chi connectivity index (χ0v) is 11.7. The Morgan fingerprint density at radius 3 is 2.35 bits per heavy atom. The van der Waals surface area contributed by atoms with Crippen LogP contribution in [0.1, 0.15) is 27.4 Å². The second kappa shape index (κ2) is 4.43. The Morgan fingerprint density at radius 1 is 1.45 bits per heavy atom. The smallest absolute Gasteiger partial charge is 0.407 e. The fourth-order valence-electron chi connectivity index (χ4n) is 1.72. The number of carboxylic acids is 1. The van der Waals surface area contributed by atoms with Gasteiger partial charge in [0, 0.05) is 4.88 Å². The minimum atomic E-state index is -4.67. The van der Waals surface area contributed by atoms with Crippen LogP contribution in [-0.4, -0.2) is 31.2 Å². The van der Waals surface area contributed by atoms with E-state index in [0.717, 1.165) is 6.07 Å². The quantitative estimate of drug-likeness (QED) is 0.886. The molecular formula is C10H10F3NO4S2. The first kappa shape index (κ1) is 15.3. The van der Waals surface area contributed by atoms with E-state index < -0.39 is 32.6 Å². The molecule has 0 aromatic carbocycles. The Morgan fingerprint density at radius 2 is 2.00 bits per heavy atom. The van der Waals surface area contributed by atoms with E-state index in [9.17, 15) is 26.4 Å². The van der Waals surface area contributed by atoms with Gasteiger partial charge in [0.2, 0.25) is 10.0 Å². The van der Waals surface area contributed by atoms with Crippen LogP contribution in [0.3, 0.4) is 0 Å². The van der Waals surface area contributed by atoms with E-state index in [0.29, 0.717) is 11.3 Å². The number of aryl methyl sites for hydroxylation is 1. The number of carbonyl (C=O) groups is 1. The Bertz CT molecular complexity index is 659. The van der Waals surface area contributed by atoms with E-state index in [1.54, 1.807) is 4.72 Å². The maximum Gasteiger partial charge on any atom is 0.407 e. The molecule has 1 aliphatic carbocycles. The monoisotopic (exact) mass is 329 g/mol. The highest BCUT2D eigenvalue weighted by Crippen LogP contribution is 2.50. The molecule has 10 heteroatoms. The van der Waals surface area contributed by atoms with E-state index >= 15 is 0 Å². The molecule has 0 spiro atoms. The van der Waals surface area contributed by atoms with Crippen molar-refractivity contribution >= 4 is 27.3 Å². The summed E-state index contributed by atoms with van der Waals surface area (Å²) in [7, 11) is -4.40. The van der Waals surface area contributed by atoms with Crippen molar-refractivity contribution in [2.45, 2.75) is 36.4 Å². The van der Waals surface area contributed by atoms with Gasteiger partial charge in [-0.3, -0.25) is 0 Å². The van der Waals surface area contributed by atoms with Gasteiger partial charge in [0.1, 0.15) is 10.4 Å². The van der Waals surface area contributed by atoms with Gasteiger partial charge in [-0.25, -0.2) is 13.2 Å². The van der Waals surface area contributed by atoms with Gasteiger partial charge in [-0.2, -0.15) is 17.9 Å². The zero-order chi connectivity index (χ0) is 15.3. The maximum absolute atomic E-state index is 12.8. The molecule has 20 heavy (non-hydrogen) atoms. The summed E-state index contributed by atoms with van der Waals surface area (Å²) in [5.41, 5.74) is -2.41. The van der Waals surface area contributed by atoms with Crippen molar-refractivity contribution in [2.75, 3.05) is 0 Å². The first-order valence-electron chi connectivity index (χ1n) is 5.43. The normalized spacial score (nSPS) is 18.0. The molecule has 0 unspecified atom stereocenters. The van der Waals surface area contributed by atoms with E-state index in [-0.39, 0.29) is 22.6 Å². The first-order chi connectivity index (χ1) is 8.98. The van der Waals surface area contributed by atoms with Crippen LogP contribution >= 0.6 is 11.3 Å². The highest BCUT2D eigenvalue weighted by molar-refractivity contribution is 7.89. The molecule has 1 saturated carbocycles. The molecule has 1 aromatic rings. The highest BCUT2D eigenvalue weighted by Gasteiger charge is 2.65. The lowest BCUT2D eigenvalue weighted by atomic mass is 10.3. The molecule has 112 valence electrons. The lowest BCUT2D eigenvalue weighted by Gasteiger charge is -2.20. The Hall–Kier alpha value is -1.13. The Balaban J connectivity index is 2.35. The average molecular weight is 329 g/mol. The number of aromatic carboxylic acids is 1.